The molecule has 0 saturated carbocycles. The molecule has 0 aliphatic rings. The molecule has 0 atom stereocenters. The van der Waals surface area contributed by atoms with Gasteiger partial charge < -0.3 is 9.84 Å². The fraction of sp³-hybridized carbons (Fsp3) is 0.700. The second-order valence-corrected chi connectivity index (χ2v) is 4.54. The van der Waals surface area contributed by atoms with E-state index in [4.69, 9.17) is 15.7 Å². The third-order valence-electron chi connectivity index (χ3n) is 1.59. The van der Waals surface area contributed by atoms with Crippen LogP contribution in [0.1, 0.15) is 33.6 Å². The zero-order valence-electron chi connectivity index (χ0n) is 10.2. The molecule has 17 heavy (non-hydrogen) atoms. The van der Waals surface area contributed by atoms with Crippen molar-refractivity contribution in [3.8, 4) is 0 Å². The van der Waals surface area contributed by atoms with Crippen LogP contribution in [-0.2, 0) is 14.3 Å². The molecule has 1 amide bonds. The molecule has 0 aromatic heterocycles. The van der Waals surface area contributed by atoms with E-state index in [1.54, 1.807) is 20.8 Å². The predicted molar refractivity (Wildman–Crippen MR) is 59.0 cm³/mol. The number of rotatable bonds is 5. The number of carbonyl (C=O) groups excluding carboxylic acids is 2. The van der Waals surface area contributed by atoms with Gasteiger partial charge in [0.25, 0.3) is 0 Å². The van der Waals surface area contributed by atoms with Gasteiger partial charge in [-0.3, -0.25) is 9.59 Å². The number of nitrogens with zero attached hydrogens (tertiary/aromatic N) is 1. The van der Waals surface area contributed by atoms with Gasteiger partial charge in [-0.2, -0.15) is 0 Å². The Morgan fingerprint density at radius 2 is 1.76 bits per heavy atom. The second kappa shape index (κ2) is 6.19. The average Bonchev–Trinajstić information content (AvgIpc) is 2.11. The number of ether oxygens (including phenoxy) is 1. The molecular weight excluding hydrogens is 228 g/mol. The molecule has 0 rings (SSSR count). The lowest BCUT2D eigenvalue weighted by Crippen LogP contribution is -2.44. The molecule has 98 valence electrons. The molecule has 0 aliphatic carbocycles. The molecule has 0 heterocycles. The van der Waals surface area contributed by atoms with E-state index in [9.17, 15) is 14.4 Å². The van der Waals surface area contributed by atoms with Crippen LogP contribution in [0.15, 0.2) is 0 Å². The molecule has 0 aromatic carbocycles. The van der Waals surface area contributed by atoms with Gasteiger partial charge in [0.1, 0.15) is 5.60 Å². The third kappa shape index (κ3) is 8.21. The van der Waals surface area contributed by atoms with Crippen molar-refractivity contribution in [1.29, 1.82) is 0 Å². The van der Waals surface area contributed by atoms with Gasteiger partial charge in [0.15, 0.2) is 5.78 Å². The summed E-state index contributed by atoms with van der Waals surface area (Å²) in [6, 6.07) is 0. The molecule has 7 nitrogen and oxygen atoms in total. The Balaban J connectivity index is 4.08. The molecule has 0 spiro atoms. The van der Waals surface area contributed by atoms with Crippen molar-refractivity contribution >= 4 is 17.8 Å². The van der Waals surface area contributed by atoms with Gasteiger partial charge in [-0.25, -0.2) is 15.6 Å². The summed E-state index contributed by atoms with van der Waals surface area (Å²) in [7, 11) is 0. The van der Waals surface area contributed by atoms with Crippen molar-refractivity contribution in [2.75, 3.05) is 6.54 Å². The highest BCUT2D eigenvalue weighted by atomic mass is 16.6. The minimum Gasteiger partial charge on any atom is -0.481 e. The standard InChI is InChI=1S/C10H18N2O5/c1-10(2,3)17-9(16)12(11)6-7(13)4-5-8(14)15/h4-6,11H2,1-3H3,(H,14,15). The van der Waals surface area contributed by atoms with Gasteiger partial charge in [-0.1, -0.05) is 0 Å². The minimum absolute atomic E-state index is 0.161. The second-order valence-electron chi connectivity index (χ2n) is 4.54. The smallest absolute Gasteiger partial charge is 0.424 e. The summed E-state index contributed by atoms with van der Waals surface area (Å²) >= 11 is 0. The highest BCUT2D eigenvalue weighted by molar-refractivity contribution is 5.86. The summed E-state index contributed by atoms with van der Waals surface area (Å²) < 4.78 is 4.92. The van der Waals surface area contributed by atoms with E-state index in [-0.39, 0.29) is 19.4 Å². The Kier molecular flexibility index (Phi) is 5.60. The first kappa shape index (κ1) is 15.4. The number of carbonyl (C=O) groups is 3. The van der Waals surface area contributed by atoms with Gasteiger partial charge in [0.2, 0.25) is 0 Å². The number of hydrogen-bond donors (Lipinski definition) is 2. The summed E-state index contributed by atoms with van der Waals surface area (Å²) in [4.78, 5) is 32.8. The first-order valence-electron chi connectivity index (χ1n) is 5.10. The lowest BCUT2D eigenvalue weighted by Gasteiger charge is -2.23. The van der Waals surface area contributed by atoms with Crippen molar-refractivity contribution in [3.05, 3.63) is 0 Å². The van der Waals surface area contributed by atoms with Crippen LogP contribution in [-0.4, -0.2) is 40.1 Å². The molecule has 0 fully saturated rings. The first-order valence-corrected chi connectivity index (χ1v) is 5.10. The molecule has 0 unspecified atom stereocenters. The van der Waals surface area contributed by atoms with Gasteiger partial charge in [-0.05, 0) is 20.8 Å². The average molecular weight is 246 g/mol. The van der Waals surface area contributed by atoms with E-state index in [1.807, 2.05) is 0 Å². The Labute approximate surface area is 99.5 Å². The largest absolute Gasteiger partial charge is 0.481 e. The number of aliphatic carboxylic acids is 1. The molecule has 0 radical (unpaired) electrons. The SMILES string of the molecule is CC(C)(C)OC(=O)N(N)CC(=O)CCC(=O)O. The zero-order chi connectivity index (χ0) is 13.6. The predicted octanol–water partition coefficient (Wildman–Crippen LogP) is 0.531. The van der Waals surface area contributed by atoms with Crippen LogP contribution in [0.25, 0.3) is 0 Å². The van der Waals surface area contributed by atoms with E-state index in [2.05, 4.69) is 0 Å². The van der Waals surface area contributed by atoms with Crippen LogP contribution < -0.4 is 5.84 Å². The van der Waals surface area contributed by atoms with Gasteiger partial charge in [-0.15, -0.1) is 0 Å². The molecule has 0 aliphatic heterocycles. The molecule has 0 bridgehead atoms. The Morgan fingerprint density at radius 1 is 1.24 bits per heavy atom. The number of Topliss-reactive ketones (excluding diaryl/α,β-unsaturated/α-hetero) is 1. The topological polar surface area (TPSA) is 110 Å². The van der Waals surface area contributed by atoms with E-state index in [1.165, 1.54) is 0 Å². The molecule has 3 N–H and O–H groups in total. The summed E-state index contributed by atoms with van der Waals surface area (Å²) in [5, 5.41) is 9.00. The first-order chi connectivity index (χ1) is 7.61. The summed E-state index contributed by atoms with van der Waals surface area (Å²) in [5.41, 5.74) is -0.696. The van der Waals surface area contributed by atoms with E-state index in [0.29, 0.717) is 5.01 Å². The van der Waals surface area contributed by atoms with Crippen LogP contribution in [0.3, 0.4) is 0 Å². The maximum absolute atomic E-state index is 11.3. The Hall–Kier alpha value is -1.63. The number of carboxylic acid groups (broad SMARTS) is 1. The monoisotopic (exact) mass is 246 g/mol. The summed E-state index contributed by atoms with van der Waals surface area (Å²) in [6.07, 6.45) is -1.26. The highest BCUT2D eigenvalue weighted by Gasteiger charge is 2.21. The number of amides is 1. The van der Waals surface area contributed by atoms with Crippen molar-refractivity contribution in [2.24, 2.45) is 5.84 Å². The number of hydrogen-bond acceptors (Lipinski definition) is 5. The van der Waals surface area contributed by atoms with E-state index >= 15 is 0 Å². The molecular formula is C10H18N2O5. The minimum atomic E-state index is -1.07. The molecule has 0 saturated heterocycles. The number of ketones is 1. The molecule has 7 heteroatoms. The summed E-state index contributed by atoms with van der Waals surface area (Å²) in [5.74, 6) is 3.82. The van der Waals surface area contributed by atoms with Crippen molar-refractivity contribution in [3.63, 3.8) is 0 Å². The van der Waals surface area contributed by atoms with Crippen molar-refractivity contribution in [2.45, 2.75) is 39.2 Å². The van der Waals surface area contributed by atoms with Gasteiger partial charge >= 0.3 is 12.1 Å². The third-order valence-corrected chi connectivity index (χ3v) is 1.59. The molecule has 0 aromatic rings. The summed E-state index contributed by atoms with van der Waals surface area (Å²) in [6.45, 7) is 4.66. The maximum atomic E-state index is 11.3. The van der Waals surface area contributed by atoms with Crippen LogP contribution >= 0.6 is 0 Å². The maximum Gasteiger partial charge on any atom is 0.424 e. The van der Waals surface area contributed by atoms with Crippen LogP contribution in [0.2, 0.25) is 0 Å². The fourth-order valence-electron chi connectivity index (χ4n) is 0.901. The van der Waals surface area contributed by atoms with Gasteiger partial charge in [0.05, 0.1) is 13.0 Å². The van der Waals surface area contributed by atoms with E-state index < -0.39 is 23.4 Å². The van der Waals surface area contributed by atoms with Crippen LogP contribution in [0.4, 0.5) is 4.79 Å². The highest BCUT2D eigenvalue weighted by Crippen LogP contribution is 2.08. The lowest BCUT2D eigenvalue weighted by molar-refractivity contribution is -0.138. The van der Waals surface area contributed by atoms with Crippen LogP contribution in [0.5, 0.6) is 0 Å². The number of hydrazine groups is 1. The Morgan fingerprint density at radius 3 is 2.18 bits per heavy atom. The Bertz CT molecular complexity index is 308. The van der Waals surface area contributed by atoms with Gasteiger partial charge in [0, 0.05) is 6.42 Å². The normalized spacial score (nSPS) is 10.8. The number of nitrogens with two attached hydrogens (primary N) is 1. The van der Waals surface area contributed by atoms with Crippen molar-refractivity contribution < 1.29 is 24.2 Å². The van der Waals surface area contributed by atoms with Crippen LogP contribution in [0, 0.1) is 0 Å². The number of carboxylic acids is 1. The van der Waals surface area contributed by atoms with E-state index in [0.717, 1.165) is 0 Å². The zero-order valence-corrected chi connectivity index (χ0v) is 10.2. The van der Waals surface area contributed by atoms with Crippen molar-refractivity contribution in [1.82, 2.24) is 5.01 Å². The fourth-order valence-corrected chi connectivity index (χ4v) is 0.901. The quantitative estimate of drug-likeness (QED) is 0.416. The lowest BCUT2D eigenvalue weighted by atomic mass is 10.2.